The molecular formula is C23H17FIN3O4. The Kier molecular flexibility index (Phi) is 8.03. The zero-order valence-corrected chi connectivity index (χ0v) is 18.7. The Morgan fingerprint density at radius 1 is 0.969 bits per heavy atom. The van der Waals surface area contributed by atoms with Crippen molar-refractivity contribution >= 4 is 46.6 Å². The van der Waals surface area contributed by atoms with Crippen LogP contribution in [0.5, 0.6) is 5.75 Å². The van der Waals surface area contributed by atoms with Crippen molar-refractivity contribution in [3.63, 3.8) is 0 Å². The average Bonchev–Trinajstić information content (AvgIpc) is 2.79. The molecule has 3 aromatic rings. The molecule has 0 heterocycles. The van der Waals surface area contributed by atoms with Crippen LogP contribution in [0.3, 0.4) is 0 Å². The highest BCUT2D eigenvalue weighted by atomic mass is 127. The second kappa shape index (κ2) is 11.1. The number of halogens is 2. The number of rotatable bonds is 7. The molecule has 0 aliphatic rings. The van der Waals surface area contributed by atoms with Gasteiger partial charge in [-0.1, -0.05) is 12.1 Å². The molecular weight excluding hydrogens is 528 g/mol. The van der Waals surface area contributed by atoms with Gasteiger partial charge in [0.05, 0.1) is 18.3 Å². The molecule has 0 fully saturated rings. The van der Waals surface area contributed by atoms with Crippen molar-refractivity contribution in [2.45, 2.75) is 0 Å². The summed E-state index contributed by atoms with van der Waals surface area (Å²) in [6.07, 6.45) is 1.41. The number of hydrazone groups is 1. The highest BCUT2D eigenvalue weighted by molar-refractivity contribution is 14.1. The van der Waals surface area contributed by atoms with Crippen LogP contribution in [0.25, 0.3) is 0 Å². The van der Waals surface area contributed by atoms with E-state index in [0.29, 0.717) is 16.9 Å². The number of carbonyl (C=O) groups excluding carboxylic acids is 3. The summed E-state index contributed by atoms with van der Waals surface area (Å²) in [7, 11) is 0. The van der Waals surface area contributed by atoms with Gasteiger partial charge in [0.25, 0.3) is 11.8 Å². The van der Waals surface area contributed by atoms with Gasteiger partial charge in [-0.05, 0) is 88.8 Å². The number of carbonyl (C=O) groups is 3. The van der Waals surface area contributed by atoms with Crippen molar-refractivity contribution in [3.05, 3.63) is 98.9 Å². The van der Waals surface area contributed by atoms with E-state index in [9.17, 15) is 18.8 Å². The Morgan fingerprint density at radius 2 is 1.66 bits per heavy atom. The molecule has 0 bridgehead atoms. The second-order valence-corrected chi connectivity index (χ2v) is 7.58. The highest BCUT2D eigenvalue weighted by Crippen LogP contribution is 2.17. The van der Waals surface area contributed by atoms with Gasteiger partial charge in [0, 0.05) is 9.13 Å². The Hall–Kier alpha value is -3.60. The summed E-state index contributed by atoms with van der Waals surface area (Å²) >= 11 is 2.07. The van der Waals surface area contributed by atoms with E-state index in [0.717, 1.165) is 15.7 Å². The molecule has 0 aromatic heterocycles. The third-order valence-corrected chi connectivity index (χ3v) is 5.04. The molecule has 32 heavy (non-hydrogen) atoms. The standard InChI is InChI=1S/C23H17FIN3O4/c24-17-9-7-16(8-10-17)22(30)26-14-21(29)28-27-13-15-5-11-18(12-6-15)32-23(31)19-3-1-2-4-20(19)25/h1-13H,14H2,(H,26,30)(H,28,29)/b27-13+. The van der Waals surface area contributed by atoms with Gasteiger partial charge in [0.1, 0.15) is 11.6 Å². The molecule has 0 aliphatic carbocycles. The lowest BCUT2D eigenvalue weighted by molar-refractivity contribution is -0.120. The maximum atomic E-state index is 12.9. The molecule has 0 spiro atoms. The topological polar surface area (TPSA) is 96.9 Å². The number of hydrogen-bond acceptors (Lipinski definition) is 5. The van der Waals surface area contributed by atoms with Crippen molar-refractivity contribution in [2.24, 2.45) is 5.10 Å². The minimum Gasteiger partial charge on any atom is -0.423 e. The normalized spacial score (nSPS) is 10.6. The molecule has 0 radical (unpaired) electrons. The minimum absolute atomic E-state index is 0.241. The quantitative estimate of drug-likeness (QED) is 0.156. The van der Waals surface area contributed by atoms with E-state index in [2.05, 4.69) is 38.4 Å². The number of nitrogens with zero attached hydrogens (tertiary/aromatic N) is 1. The van der Waals surface area contributed by atoms with Gasteiger partial charge in [-0.3, -0.25) is 9.59 Å². The van der Waals surface area contributed by atoms with Crippen molar-refractivity contribution in [3.8, 4) is 5.75 Å². The lowest BCUT2D eigenvalue weighted by Gasteiger charge is -2.06. The Labute approximate surface area is 196 Å². The fourth-order valence-corrected chi connectivity index (χ4v) is 3.10. The molecule has 2 amide bonds. The molecule has 7 nitrogen and oxygen atoms in total. The monoisotopic (exact) mass is 545 g/mol. The fourth-order valence-electron chi connectivity index (χ4n) is 2.49. The van der Waals surface area contributed by atoms with Crippen LogP contribution in [0.1, 0.15) is 26.3 Å². The van der Waals surface area contributed by atoms with Crippen LogP contribution in [0, 0.1) is 9.39 Å². The van der Waals surface area contributed by atoms with Crippen molar-refractivity contribution < 1.29 is 23.5 Å². The number of nitrogens with one attached hydrogen (secondary N) is 2. The van der Waals surface area contributed by atoms with Gasteiger partial charge in [0.2, 0.25) is 0 Å². The van der Waals surface area contributed by atoms with Crippen LogP contribution in [0.2, 0.25) is 0 Å². The lowest BCUT2D eigenvalue weighted by Crippen LogP contribution is -2.34. The molecule has 0 aliphatic heterocycles. The third-order valence-electron chi connectivity index (χ3n) is 4.10. The van der Waals surface area contributed by atoms with Crippen LogP contribution >= 0.6 is 22.6 Å². The zero-order chi connectivity index (χ0) is 22.9. The van der Waals surface area contributed by atoms with E-state index < -0.39 is 23.6 Å². The van der Waals surface area contributed by atoms with Crippen molar-refractivity contribution in [1.29, 1.82) is 0 Å². The van der Waals surface area contributed by atoms with Crippen LogP contribution in [0.4, 0.5) is 4.39 Å². The summed E-state index contributed by atoms with van der Waals surface area (Å²) in [4.78, 5) is 35.9. The number of hydrogen-bond donors (Lipinski definition) is 2. The number of amides is 2. The van der Waals surface area contributed by atoms with Crippen molar-refractivity contribution in [1.82, 2.24) is 10.7 Å². The first-order chi connectivity index (χ1) is 15.4. The van der Waals surface area contributed by atoms with E-state index in [1.54, 1.807) is 36.4 Å². The molecule has 9 heteroatoms. The molecule has 162 valence electrons. The van der Waals surface area contributed by atoms with Gasteiger partial charge >= 0.3 is 5.97 Å². The number of esters is 1. The van der Waals surface area contributed by atoms with E-state index in [-0.39, 0.29) is 12.1 Å². The zero-order valence-electron chi connectivity index (χ0n) is 16.5. The summed E-state index contributed by atoms with van der Waals surface area (Å²) in [5.74, 6) is -1.56. The summed E-state index contributed by atoms with van der Waals surface area (Å²) in [6.45, 7) is -0.291. The van der Waals surface area contributed by atoms with E-state index >= 15 is 0 Å². The first-order valence-corrected chi connectivity index (χ1v) is 10.4. The smallest absolute Gasteiger partial charge is 0.344 e. The van der Waals surface area contributed by atoms with Gasteiger partial charge < -0.3 is 10.1 Å². The Bertz CT molecular complexity index is 1150. The summed E-state index contributed by atoms with van der Waals surface area (Å²) in [5, 5.41) is 6.23. The summed E-state index contributed by atoms with van der Waals surface area (Å²) in [5.41, 5.74) is 3.67. The first-order valence-electron chi connectivity index (χ1n) is 9.35. The molecule has 0 saturated carbocycles. The van der Waals surface area contributed by atoms with Crippen LogP contribution in [-0.4, -0.2) is 30.5 Å². The molecule has 3 rings (SSSR count). The van der Waals surface area contributed by atoms with Crippen LogP contribution < -0.4 is 15.5 Å². The lowest BCUT2D eigenvalue weighted by atomic mass is 10.2. The maximum absolute atomic E-state index is 12.9. The predicted octanol–water partition coefficient (Wildman–Crippen LogP) is 3.53. The van der Waals surface area contributed by atoms with E-state index in [4.69, 9.17) is 4.74 Å². The Morgan fingerprint density at radius 3 is 2.34 bits per heavy atom. The SMILES string of the molecule is O=C(CNC(=O)c1ccc(F)cc1)N/N=C/c1ccc(OC(=O)c2ccccc2I)cc1. The fraction of sp³-hybridized carbons (Fsp3) is 0.0435. The van der Waals surface area contributed by atoms with E-state index in [1.165, 1.54) is 18.3 Å². The molecule has 0 saturated heterocycles. The second-order valence-electron chi connectivity index (χ2n) is 6.42. The van der Waals surface area contributed by atoms with Crippen LogP contribution in [0.15, 0.2) is 77.9 Å². The molecule has 0 unspecified atom stereocenters. The van der Waals surface area contributed by atoms with Crippen LogP contribution in [-0.2, 0) is 4.79 Å². The average molecular weight is 545 g/mol. The van der Waals surface area contributed by atoms with Gasteiger partial charge in [0.15, 0.2) is 0 Å². The molecule has 3 aromatic carbocycles. The highest BCUT2D eigenvalue weighted by Gasteiger charge is 2.11. The maximum Gasteiger partial charge on any atom is 0.344 e. The number of ether oxygens (including phenoxy) is 1. The van der Waals surface area contributed by atoms with Gasteiger partial charge in [-0.25, -0.2) is 14.6 Å². The third kappa shape index (κ3) is 6.71. The Balaban J connectivity index is 1.45. The first kappa shape index (κ1) is 23.1. The summed E-state index contributed by atoms with van der Waals surface area (Å²) < 4.78 is 19.0. The molecule has 2 N–H and O–H groups in total. The van der Waals surface area contributed by atoms with Gasteiger partial charge in [-0.2, -0.15) is 5.10 Å². The largest absolute Gasteiger partial charge is 0.423 e. The van der Waals surface area contributed by atoms with E-state index in [1.807, 2.05) is 12.1 Å². The molecule has 0 atom stereocenters. The predicted molar refractivity (Wildman–Crippen MR) is 125 cm³/mol. The number of benzene rings is 3. The van der Waals surface area contributed by atoms with Crippen molar-refractivity contribution in [2.75, 3.05) is 6.54 Å². The minimum atomic E-state index is -0.528. The summed E-state index contributed by atoms with van der Waals surface area (Å²) in [6, 6.07) is 18.6. The van der Waals surface area contributed by atoms with Gasteiger partial charge in [-0.15, -0.1) is 0 Å².